The highest BCUT2D eigenvalue weighted by Crippen LogP contribution is 2.21. The quantitative estimate of drug-likeness (QED) is 0.891. The number of piperazine rings is 1. The molecule has 2 aliphatic rings. The van der Waals surface area contributed by atoms with Gasteiger partial charge in [-0.1, -0.05) is 18.2 Å². The van der Waals surface area contributed by atoms with Gasteiger partial charge < -0.3 is 9.80 Å². The second kappa shape index (κ2) is 6.06. The number of hydrogen-bond donors (Lipinski definition) is 1. The Bertz CT molecular complexity index is 480. The van der Waals surface area contributed by atoms with Gasteiger partial charge >= 0.3 is 0 Å². The van der Waals surface area contributed by atoms with E-state index < -0.39 is 0 Å². The summed E-state index contributed by atoms with van der Waals surface area (Å²) in [5.41, 5.74) is 2.61. The van der Waals surface area contributed by atoms with Gasteiger partial charge in [0.2, 0.25) is 5.91 Å². The molecule has 1 unspecified atom stereocenters. The highest BCUT2D eigenvalue weighted by Gasteiger charge is 2.29. The molecule has 1 N–H and O–H groups in total. The SMILES string of the molecule is Cc1ccccc1N1CCN(C(=O)C2CSCN2)CC1. The minimum absolute atomic E-state index is 0.0324. The van der Waals surface area contributed by atoms with Crippen molar-refractivity contribution in [3.05, 3.63) is 29.8 Å². The molecule has 3 rings (SSSR count). The zero-order chi connectivity index (χ0) is 13.9. The number of nitrogens with one attached hydrogen (secondary N) is 1. The molecule has 5 heteroatoms. The van der Waals surface area contributed by atoms with Crippen LogP contribution in [0.15, 0.2) is 24.3 Å². The lowest BCUT2D eigenvalue weighted by Crippen LogP contribution is -2.53. The van der Waals surface area contributed by atoms with Gasteiger partial charge in [0.1, 0.15) is 0 Å². The van der Waals surface area contributed by atoms with E-state index in [0.29, 0.717) is 0 Å². The van der Waals surface area contributed by atoms with E-state index in [1.165, 1.54) is 11.3 Å². The van der Waals surface area contributed by atoms with Crippen molar-refractivity contribution < 1.29 is 4.79 Å². The topological polar surface area (TPSA) is 35.6 Å². The van der Waals surface area contributed by atoms with Crippen LogP contribution in [0.1, 0.15) is 5.56 Å². The predicted octanol–water partition coefficient (Wildman–Crippen LogP) is 1.31. The van der Waals surface area contributed by atoms with Crippen LogP contribution in [0.4, 0.5) is 5.69 Å². The minimum Gasteiger partial charge on any atom is -0.368 e. The molecular weight excluding hydrogens is 270 g/mol. The largest absolute Gasteiger partial charge is 0.368 e. The molecule has 0 spiro atoms. The van der Waals surface area contributed by atoms with E-state index in [1.54, 1.807) is 11.8 Å². The number of benzene rings is 1. The number of thioether (sulfide) groups is 1. The van der Waals surface area contributed by atoms with Crippen LogP contribution in [0.3, 0.4) is 0 Å². The highest BCUT2D eigenvalue weighted by molar-refractivity contribution is 7.99. The van der Waals surface area contributed by atoms with Gasteiger partial charge in [0.15, 0.2) is 0 Å². The first-order valence-corrected chi connectivity index (χ1v) is 8.31. The molecule has 108 valence electrons. The molecule has 2 fully saturated rings. The number of para-hydroxylation sites is 1. The Hall–Kier alpha value is -1.20. The van der Waals surface area contributed by atoms with E-state index in [9.17, 15) is 4.79 Å². The Kier molecular flexibility index (Phi) is 4.17. The van der Waals surface area contributed by atoms with Crippen LogP contribution in [-0.4, -0.2) is 54.7 Å². The number of anilines is 1. The number of hydrogen-bond acceptors (Lipinski definition) is 4. The Labute approximate surface area is 124 Å². The fourth-order valence-electron chi connectivity index (χ4n) is 2.86. The van der Waals surface area contributed by atoms with Gasteiger partial charge in [-0.05, 0) is 18.6 Å². The van der Waals surface area contributed by atoms with Crippen molar-refractivity contribution in [2.24, 2.45) is 0 Å². The lowest BCUT2D eigenvalue weighted by Gasteiger charge is -2.37. The summed E-state index contributed by atoms with van der Waals surface area (Å²) in [5.74, 6) is 2.09. The summed E-state index contributed by atoms with van der Waals surface area (Å²) in [6.07, 6.45) is 0. The standard InChI is InChI=1S/C15H21N3OS/c1-12-4-2-3-5-14(12)17-6-8-18(9-7-17)15(19)13-10-20-11-16-13/h2-5,13,16H,6-11H2,1H3. The monoisotopic (exact) mass is 291 g/mol. The second-order valence-electron chi connectivity index (χ2n) is 5.37. The Morgan fingerprint density at radius 2 is 2.00 bits per heavy atom. The van der Waals surface area contributed by atoms with Gasteiger partial charge in [0.05, 0.1) is 6.04 Å². The Balaban J connectivity index is 1.59. The number of rotatable bonds is 2. The van der Waals surface area contributed by atoms with Crippen molar-refractivity contribution in [3.8, 4) is 0 Å². The number of aryl methyl sites for hydroxylation is 1. The van der Waals surface area contributed by atoms with Gasteiger partial charge in [-0.25, -0.2) is 0 Å². The van der Waals surface area contributed by atoms with Gasteiger partial charge in [-0.3, -0.25) is 10.1 Å². The molecule has 2 aliphatic heterocycles. The summed E-state index contributed by atoms with van der Waals surface area (Å²) in [6.45, 7) is 5.66. The number of nitrogens with zero attached hydrogens (tertiary/aromatic N) is 2. The van der Waals surface area contributed by atoms with Crippen molar-refractivity contribution in [3.63, 3.8) is 0 Å². The summed E-state index contributed by atoms with van der Waals surface area (Å²) in [4.78, 5) is 16.7. The molecule has 0 aliphatic carbocycles. The van der Waals surface area contributed by atoms with Crippen LogP contribution in [0.5, 0.6) is 0 Å². The third kappa shape index (κ3) is 2.79. The first-order valence-electron chi connectivity index (χ1n) is 7.16. The minimum atomic E-state index is 0.0324. The van der Waals surface area contributed by atoms with Crippen molar-refractivity contribution >= 4 is 23.4 Å². The van der Waals surface area contributed by atoms with Gasteiger partial charge in [-0.15, -0.1) is 11.8 Å². The molecule has 0 aromatic heterocycles. The predicted molar refractivity (Wildman–Crippen MR) is 84.2 cm³/mol. The zero-order valence-electron chi connectivity index (χ0n) is 11.8. The molecule has 1 aromatic rings. The van der Waals surface area contributed by atoms with E-state index in [2.05, 4.69) is 41.4 Å². The molecular formula is C15H21N3OS. The molecule has 2 saturated heterocycles. The van der Waals surface area contributed by atoms with Crippen LogP contribution in [0, 0.1) is 6.92 Å². The van der Waals surface area contributed by atoms with Gasteiger partial charge in [-0.2, -0.15) is 0 Å². The summed E-state index contributed by atoms with van der Waals surface area (Å²) >= 11 is 1.80. The maximum atomic E-state index is 12.3. The molecule has 20 heavy (non-hydrogen) atoms. The second-order valence-corrected chi connectivity index (χ2v) is 6.40. The van der Waals surface area contributed by atoms with E-state index in [0.717, 1.165) is 37.8 Å². The van der Waals surface area contributed by atoms with Crippen molar-refractivity contribution in [1.82, 2.24) is 10.2 Å². The lowest BCUT2D eigenvalue weighted by atomic mass is 10.1. The average molecular weight is 291 g/mol. The Morgan fingerprint density at radius 3 is 2.65 bits per heavy atom. The summed E-state index contributed by atoms with van der Waals surface area (Å²) in [5, 5.41) is 3.26. The molecule has 1 atom stereocenters. The fourth-order valence-corrected chi connectivity index (χ4v) is 3.79. The molecule has 1 aromatic carbocycles. The molecule has 0 radical (unpaired) electrons. The van der Waals surface area contributed by atoms with E-state index in [1.807, 2.05) is 4.90 Å². The Morgan fingerprint density at radius 1 is 1.25 bits per heavy atom. The van der Waals surface area contributed by atoms with Crippen molar-refractivity contribution in [2.75, 3.05) is 42.7 Å². The average Bonchev–Trinajstić information content (AvgIpc) is 3.01. The first kappa shape index (κ1) is 13.8. The maximum absolute atomic E-state index is 12.3. The van der Waals surface area contributed by atoms with Crippen LogP contribution in [0.2, 0.25) is 0 Å². The molecule has 2 heterocycles. The van der Waals surface area contributed by atoms with Crippen LogP contribution in [0.25, 0.3) is 0 Å². The highest BCUT2D eigenvalue weighted by atomic mass is 32.2. The fraction of sp³-hybridized carbons (Fsp3) is 0.533. The first-order chi connectivity index (χ1) is 9.75. The number of amides is 1. The molecule has 0 bridgehead atoms. The third-order valence-corrected chi connectivity index (χ3v) is 5.00. The summed E-state index contributed by atoms with van der Waals surface area (Å²) in [6, 6.07) is 8.50. The van der Waals surface area contributed by atoms with E-state index >= 15 is 0 Å². The number of carbonyl (C=O) groups excluding carboxylic acids is 1. The molecule has 4 nitrogen and oxygen atoms in total. The molecule has 0 saturated carbocycles. The normalized spacial score (nSPS) is 23.1. The lowest BCUT2D eigenvalue weighted by molar-refractivity contribution is -0.132. The van der Waals surface area contributed by atoms with Crippen LogP contribution < -0.4 is 10.2 Å². The van der Waals surface area contributed by atoms with E-state index in [4.69, 9.17) is 0 Å². The van der Waals surface area contributed by atoms with Crippen LogP contribution in [-0.2, 0) is 4.79 Å². The van der Waals surface area contributed by atoms with Gasteiger partial charge in [0.25, 0.3) is 0 Å². The van der Waals surface area contributed by atoms with Crippen molar-refractivity contribution in [2.45, 2.75) is 13.0 Å². The van der Waals surface area contributed by atoms with Crippen molar-refractivity contribution in [1.29, 1.82) is 0 Å². The van der Waals surface area contributed by atoms with Gasteiger partial charge in [0, 0.05) is 43.5 Å². The smallest absolute Gasteiger partial charge is 0.240 e. The third-order valence-electron chi connectivity index (χ3n) is 4.06. The summed E-state index contributed by atoms with van der Waals surface area (Å²) < 4.78 is 0. The summed E-state index contributed by atoms with van der Waals surface area (Å²) in [7, 11) is 0. The molecule has 1 amide bonds. The van der Waals surface area contributed by atoms with E-state index in [-0.39, 0.29) is 11.9 Å². The number of carbonyl (C=O) groups is 1. The maximum Gasteiger partial charge on any atom is 0.240 e. The zero-order valence-corrected chi connectivity index (χ0v) is 12.7. The van der Waals surface area contributed by atoms with Crippen LogP contribution >= 0.6 is 11.8 Å².